The minimum Gasteiger partial charge on any atom is -0.340 e. The summed E-state index contributed by atoms with van der Waals surface area (Å²) in [7, 11) is 0. The zero-order chi connectivity index (χ0) is 18.5. The van der Waals surface area contributed by atoms with Crippen LogP contribution in [0.3, 0.4) is 0 Å². The van der Waals surface area contributed by atoms with E-state index in [4.69, 9.17) is 4.52 Å². The monoisotopic (exact) mass is 363 g/mol. The van der Waals surface area contributed by atoms with Crippen molar-refractivity contribution < 1.29 is 17.7 Å². The van der Waals surface area contributed by atoms with Crippen LogP contribution >= 0.6 is 0 Å². The van der Waals surface area contributed by atoms with Gasteiger partial charge in [-0.05, 0) is 23.8 Å². The molecule has 1 aromatic carbocycles. The molecule has 0 bridgehead atoms. The molecule has 4 aromatic rings. The number of aryl methyl sites for hydroxylation is 1. The van der Waals surface area contributed by atoms with Gasteiger partial charge in [0.2, 0.25) is 5.89 Å². The van der Waals surface area contributed by atoms with E-state index in [1.807, 2.05) is 0 Å². The van der Waals surface area contributed by atoms with Crippen LogP contribution < -0.4 is 5.69 Å². The van der Waals surface area contributed by atoms with Crippen LogP contribution in [-0.4, -0.2) is 24.3 Å². The molecule has 0 unspecified atom stereocenters. The Hall–Kier alpha value is -3.30. The van der Waals surface area contributed by atoms with E-state index in [0.717, 1.165) is 12.1 Å². The summed E-state index contributed by atoms with van der Waals surface area (Å²) in [5.41, 5.74) is 0.647. The first-order valence-corrected chi connectivity index (χ1v) is 7.59. The molecule has 0 aliphatic heterocycles. The van der Waals surface area contributed by atoms with Crippen molar-refractivity contribution >= 4 is 5.65 Å². The second-order valence-corrected chi connectivity index (χ2v) is 5.77. The topological polar surface area (TPSA) is 81.1 Å². The highest BCUT2D eigenvalue weighted by Gasteiger charge is 2.30. The maximum Gasteiger partial charge on any atom is 0.416 e. The highest BCUT2D eigenvalue weighted by molar-refractivity contribution is 5.68. The van der Waals surface area contributed by atoms with E-state index in [-0.39, 0.29) is 12.2 Å². The van der Waals surface area contributed by atoms with Crippen LogP contribution in [0.4, 0.5) is 13.2 Å². The van der Waals surface area contributed by atoms with Crippen molar-refractivity contribution in [3.63, 3.8) is 0 Å². The van der Waals surface area contributed by atoms with Gasteiger partial charge in [0.15, 0.2) is 5.82 Å². The molecular weight excluding hydrogens is 351 g/mol. The Balaban J connectivity index is 1.65. The summed E-state index contributed by atoms with van der Waals surface area (Å²) >= 11 is 0. The van der Waals surface area contributed by atoms with Crippen molar-refractivity contribution in [1.82, 2.24) is 24.3 Å². The molecule has 0 amide bonds. The first-order chi connectivity index (χ1) is 12.3. The molecule has 0 atom stereocenters. The summed E-state index contributed by atoms with van der Waals surface area (Å²) < 4.78 is 45.5. The lowest BCUT2D eigenvalue weighted by Crippen LogP contribution is -2.22. The molecule has 3 aromatic heterocycles. The van der Waals surface area contributed by atoms with E-state index in [9.17, 15) is 18.0 Å². The Labute approximate surface area is 143 Å². The van der Waals surface area contributed by atoms with E-state index < -0.39 is 11.7 Å². The lowest BCUT2D eigenvalue weighted by molar-refractivity contribution is -0.137. The van der Waals surface area contributed by atoms with Crippen LogP contribution in [0.2, 0.25) is 0 Å². The fourth-order valence-electron chi connectivity index (χ4n) is 2.69. The maximum absolute atomic E-state index is 12.6. The molecule has 1 N–H and O–H groups in total. The van der Waals surface area contributed by atoms with Gasteiger partial charge < -0.3 is 4.52 Å². The number of nitrogens with zero attached hydrogens (tertiary/aromatic N) is 4. The summed E-state index contributed by atoms with van der Waals surface area (Å²) in [6.07, 6.45) is -2.82. The van der Waals surface area contributed by atoms with Gasteiger partial charge in [-0.25, -0.2) is 9.48 Å². The van der Waals surface area contributed by atoms with Crippen LogP contribution in [0.5, 0.6) is 0 Å². The zero-order valence-electron chi connectivity index (χ0n) is 13.4. The lowest BCUT2D eigenvalue weighted by atomic mass is 10.1. The fraction of sp³-hybridized carbons (Fsp3) is 0.188. The average Bonchev–Trinajstić information content (AvgIpc) is 3.25. The minimum atomic E-state index is -4.38. The van der Waals surface area contributed by atoms with E-state index >= 15 is 0 Å². The number of benzene rings is 1. The lowest BCUT2D eigenvalue weighted by Gasteiger charge is -2.06. The number of fused-ring (bicyclic) bond motifs is 1. The number of hydrogen-bond donors (Lipinski definition) is 1. The van der Waals surface area contributed by atoms with Gasteiger partial charge in [0.1, 0.15) is 12.2 Å². The molecular formula is C16H12F3N5O2. The number of rotatable bonds is 3. The molecule has 0 aliphatic carbocycles. The summed E-state index contributed by atoms with van der Waals surface area (Å²) in [6, 6.07) is 6.45. The number of halogens is 3. The third kappa shape index (κ3) is 2.79. The number of nitrogens with one attached hydrogen (secondary N) is 1. The zero-order valence-corrected chi connectivity index (χ0v) is 13.4. The van der Waals surface area contributed by atoms with Crippen molar-refractivity contribution in [1.29, 1.82) is 0 Å². The quantitative estimate of drug-likeness (QED) is 0.607. The molecule has 0 saturated carbocycles. The molecule has 26 heavy (non-hydrogen) atoms. The molecule has 10 heteroatoms. The van der Waals surface area contributed by atoms with Gasteiger partial charge in [-0.3, -0.25) is 9.50 Å². The first-order valence-electron chi connectivity index (χ1n) is 7.59. The van der Waals surface area contributed by atoms with E-state index in [2.05, 4.69) is 15.2 Å². The van der Waals surface area contributed by atoms with Crippen LogP contribution in [0.1, 0.15) is 17.3 Å². The predicted octanol–water partition coefficient (Wildman–Crippen LogP) is 2.85. The van der Waals surface area contributed by atoms with Crippen molar-refractivity contribution in [2.75, 3.05) is 0 Å². The molecule has 134 valence electrons. The third-order valence-electron chi connectivity index (χ3n) is 3.92. The third-order valence-corrected chi connectivity index (χ3v) is 3.92. The van der Waals surface area contributed by atoms with Crippen molar-refractivity contribution in [3.8, 4) is 11.1 Å². The normalized spacial score (nSPS) is 12.2. The number of aromatic nitrogens is 5. The second-order valence-electron chi connectivity index (χ2n) is 5.77. The number of hydrogen-bond acceptors (Lipinski definition) is 4. The van der Waals surface area contributed by atoms with Crippen LogP contribution in [0.25, 0.3) is 16.8 Å². The van der Waals surface area contributed by atoms with Gasteiger partial charge in [-0.1, -0.05) is 17.3 Å². The predicted molar refractivity (Wildman–Crippen MR) is 84.6 cm³/mol. The Morgan fingerprint density at radius 1 is 1.19 bits per heavy atom. The van der Waals surface area contributed by atoms with Crippen LogP contribution in [-0.2, 0) is 12.7 Å². The van der Waals surface area contributed by atoms with Crippen molar-refractivity contribution in [3.05, 3.63) is 64.3 Å². The van der Waals surface area contributed by atoms with Gasteiger partial charge >= 0.3 is 11.9 Å². The van der Waals surface area contributed by atoms with Gasteiger partial charge in [0, 0.05) is 18.7 Å². The number of aromatic amines is 1. The molecule has 7 nitrogen and oxygen atoms in total. The summed E-state index contributed by atoms with van der Waals surface area (Å²) in [4.78, 5) is 16.5. The van der Waals surface area contributed by atoms with E-state index in [1.54, 1.807) is 19.2 Å². The largest absolute Gasteiger partial charge is 0.416 e. The fourth-order valence-corrected chi connectivity index (χ4v) is 2.69. The Morgan fingerprint density at radius 3 is 2.50 bits per heavy atom. The molecule has 0 spiro atoms. The summed E-state index contributed by atoms with van der Waals surface area (Å²) in [5, 5.41) is 6.65. The second kappa shape index (κ2) is 5.61. The van der Waals surface area contributed by atoms with E-state index in [0.29, 0.717) is 28.5 Å². The van der Waals surface area contributed by atoms with Gasteiger partial charge in [-0.2, -0.15) is 18.2 Å². The average molecular weight is 363 g/mol. The molecule has 4 rings (SSSR count). The van der Waals surface area contributed by atoms with Gasteiger partial charge in [0.05, 0.1) is 5.56 Å². The smallest absolute Gasteiger partial charge is 0.340 e. The number of alkyl halides is 3. The Morgan fingerprint density at radius 2 is 1.92 bits per heavy atom. The molecule has 0 saturated heterocycles. The molecule has 0 fully saturated rings. The minimum absolute atomic E-state index is 0.119. The Bertz CT molecular complexity index is 1130. The molecule has 0 radical (unpaired) electrons. The van der Waals surface area contributed by atoms with Crippen LogP contribution in [0.15, 0.2) is 45.8 Å². The highest BCUT2D eigenvalue weighted by Crippen LogP contribution is 2.31. The summed E-state index contributed by atoms with van der Waals surface area (Å²) in [6.45, 7) is 1.77. The Kier molecular flexibility index (Phi) is 3.49. The van der Waals surface area contributed by atoms with Gasteiger partial charge in [0.25, 0.3) is 0 Å². The first kappa shape index (κ1) is 16.2. The maximum atomic E-state index is 12.6. The van der Waals surface area contributed by atoms with Crippen LogP contribution in [0, 0.1) is 6.92 Å². The van der Waals surface area contributed by atoms with Gasteiger partial charge in [-0.15, -0.1) is 0 Å². The van der Waals surface area contributed by atoms with Crippen molar-refractivity contribution in [2.45, 2.75) is 19.6 Å². The molecule has 3 heterocycles. The SMILES string of the molecule is Cc1nc(Cn2[nH]c3cc(-c4ccc(C(F)(F)F)cc4)cn3c2=O)no1. The molecule has 0 aliphatic rings. The highest BCUT2D eigenvalue weighted by atomic mass is 19.4. The summed E-state index contributed by atoms with van der Waals surface area (Å²) in [5.74, 6) is 0.757. The standard InChI is InChI=1S/C16H12F3N5O2/c1-9-20-13(22-26-9)8-24-15(25)23-7-11(6-14(23)21-24)10-2-4-12(5-3-10)16(17,18)19/h2-7,21H,8H2,1H3. The van der Waals surface area contributed by atoms with Crippen molar-refractivity contribution in [2.24, 2.45) is 0 Å². The number of H-pyrrole nitrogens is 1. The van der Waals surface area contributed by atoms with E-state index in [1.165, 1.54) is 21.2 Å².